The van der Waals surface area contributed by atoms with E-state index in [2.05, 4.69) is 20.3 Å². The number of carbonyl (C=O) groups excluding carboxylic acids is 3. The van der Waals surface area contributed by atoms with E-state index in [0.717, 1.165) is 11.2 Å². The fraction of sp³-hybridized carbons (Fsp3) is 0.375. The van der Waals surface area contributed by atoms with E-state index in [1.807, 2.05) is 0 Å². The number of hydrogen-bond donors (Lipinski definition) is 3. The minimum Gasteiger partial charge on any atom is -0.477 e. The summed E-state index contributed by atoms with van der Waals surface area (Å²) in [7, 11) is 1.22. The molecule has 30 heavy (non-hydrogen) atoms. The highest BCUT2D eigenvalue weighted by Gasteiger charge is 2.54. The maximum Gasteiger partial charge on any atom is 0.352 e. The number of esters is 1. The monoisotopic (exact) mass is 439 g/mol. The standard InChI is InChI=1S/C16H17N5O8S/c1-6(22)28-3-7-5-30-14-10(13(24)21(14)11(7)15(25)26)19-12(23)9(20-27-2)8-4-29-16(17)18-8/h4,10,14H,3,5H2,1-2H3,(H2,17,18)(H,19,23)(H,25,26)/b20-9-/t10?,14-/m1/s1. The Hall–Kier alpha value is -3.55. The second kappa shape index (κ2) is 8.44. The number of oxazole rings is 1. The van der Waals surface area contributed by atoms with Gasteiger partial charge < -0.3 is 30.1 Å². The minimum absolute atomic E-state index is 0.00145. The summed E-state index contributed by atoms with van der Waals surface area (Å²) in [6.45, 7) is 0.956. The second-order valence-electron chi connectivity index (χ2n) is 6.09. The first kappa shape index (κ1) is 21.2. The van der Waals surface area contributed by atoms with E-state index in [1.165, 1.54) is 25.8 Å². The van der Waals surface area contributed by atoms with Crippen molar-refractivity contribution in [1.29, 1.82) is 0 Å². The number of ether oxygens (including phenoxy) is 1. The average Bonchev–Trinajstić information content (AvgIpc) is 3.13. The number of nitrogens with one attached hydrogen (secondary N) is 1. The quantitative estimate of drug-likeness (QED) is 0.203. The molecular weight excluding hydrogens is 422 g/mol. The van der Waals surface area contributed by atoms with Crippen molar-refractivity contribution in [3.63, 3.8) is 0 Å². The molecule has 2 atom stereocenters. The molecule has 13 nitrogen and oxygen atoms in total. The zero-order valence-corrected chi connectivity index (χ0v) is 16.6. The van der Waals surface area contributed by atoms with Crippen molar-refractivity contribution in [2.75, 3.05) is 25.2 Å². The minimum atomic E-state index is -1.33. The summed E-state index contributed by atoms with van der Waals surface area (Å²) in [6, 6.07) is -1.19. The molecule has 2 aliphatic rings. The Labute approximate surface area is 173 Å². The van der Waals surface area contributed by atoms with Crippen LogP contribution < -0.4 is 11.1 Å². The summed E-state index contributed by atoms with van der Waals surface area (Å²) in [5.41, 5.74) is 5.16. The van der Waals surface area contributed by atoms with Gasteiger partial charge in [0, 0.05) is 18.2 Å². The van der Waals surface area contributed by atoms with Crippen LogP contribution in [-0.2, 0) is 28.8 Å². The third-order valence-corrected chi connectivity index (χ3v) is 5.49. The van der Waals surface area contributed by atoms with Gasteiger partial charge in [-0.15, -0.1) is 11.8 Å². The fourth-order valence-electron chi connectivity index (χ4n) is 2.88. The lowest BCUT2D eigenvalue weighted by Gasteiger charge is -2.49. The summed E-state index contributed by atoms with van der Waals surface area (Å²) in [5.74, 6) is -3.11. The van der Waals surface area contributed by atoms with Gasteiger partial charge in [0.1, 0.15) is 42.8 Å². The summed E-state index contributed by atoms with van der Waals surface area (Å²) in [5, 5.41) is 15.0. The maximum absolute atomic E-state index is 12.6. The van der Waals surface area contributed by atoms with E-state index in [1.54, 1.807) is 0 Å². The Kier molecular flexibility index (Phi) is 5.96. The number of carboxylic acid groups (broad SMARTS) is 1. The molecular formula is C16H17N5O8S. The van der Waals surface area contributed by atoms with Crippen LogP contribution in [0.1, 0.15) is 12.6 Å². The third-order valence-electron chi connectivity index (χ3n) is 4.15. The lowest BCUT2D eigenvalue weighted by Crippen LogP contribution is -2.71. The number of nitrogens with zero attached hydrogens (tertiary/aromatic N) is 3. The average molecular weight is 439 g/mol. The molecule has 3 heterocycles. The highest BCUT2D eigenvalue weighted by atomic mass is 32.2. The van der Waals surface area contributed by atoms with Crippen molar-refractivity contribution in [3.05, 3.63) is 23.2 Å². The highest BCUT2D eigenvalue weighted by Crippen LogP contribution is 2.40. The van der Waals surface area contributed by atoms with E-state index >= 15 is 0 Å². The van der Waals surface area contributed by atoms with Gasteiger partial charge in [0.15, 0.2) is 5.71 Å². The highest BCUT2D eigenvalue weighted by molar-refractivity contribution is 8.00. The molecule has 3 rings (SSSR count). The molecule has 1 aromatic heterocycles. The first-order valence-corrected chi connectivity index (χ1v) is 9.46. The molecule has 14 heteroatoms. The van der Waals surface area contributed by atoms with E-state index in [9.17, 15) is 24.3 Å². The van der Waals surface area contributed by atoms with Crippen LogP contribution in [-0.4, -0.2) is 75.3 Å². The number of amides is 2. The molecule has 160 valence electrons. The van der Waals surface area contributed by atoms with Crippen molar-refractivity contribution in [2.24, 2.45) is 5.16 Å². The van der Waals surface area contributed by atoms with E-state index in [4.69, 9.17) is 14.9 Å². The summed E-state index contributed by atoms with van der Waals surface area (Å²) >= 11 is 1.23. The molecule has 0 bridgehead atoms. The molecule has 0 radical (unpaired) electrons. The molecule has 4 N–H and O–H groups in total. The van der Waals surface area contributed by atoms with Crippen LogP contribution in [0, 0.1) is 0 Å². The molecule has 1 fully saturated rings. The third kappa shape index (κ3) is 3.94. The number of β-lactam (4-membered cyclic amide) rings is 1. The van der Waals surface area contributed by atoms with Crippen LogP contribution in [0.5, 0.6) is 0 Å². The van der Waals surface area contributed by atoms with Gasteiger partial charge in [-0.2, -0.15) is 4.98 Å². The number of fused-ring (bicyclic) bond motifs is 1. The normalized spacial score (nSPS) is 20.9. The SMILES string of the molecule is CO/N=C(\C(=O)NC1C(=O)N2C(C(=O)O)=C(COC(C)=O)CS[C@H]12)c1coc(N)n1. The summed E-state index contributed by atoms with van der Waals surface area (Å²) in [6.07, 6.45) is 1.10. The van der Waals surface area contributed by atoms with Crippen LogP contribution in [0.15, 0.2) is 27.1 Å². The fourth-order valence-corrected chi connectivity index (χ4v) is 4.21. The van der Waals surface area contributed by atoms with Gasteiger partial charge in [0.2, 0.25) is 0 Å². The Balaban J connectivity index is 1.77. The molecule has 1 aromatic rings. The predicted molar refractivity (Wildman–Crippen MR) is 101 cm³/mol. The molecule has 2 aliphatic heterocycles. The number of carboxylic acids is 1. The summed E-state index contributed by atoms with van der Waals surface area (Å²) in [4.78, 5) is 57.5. The molecule has 1 unspecified atom stereocenters. The first-order chi connectivity index (χ1) is 14.2. The van der Waals surface area contributed by atoms with Crippen molar-refractivity contribution >= 4 is 47.2 Å². The van der Waals surface area contributed by atoms with Crippen molar-refractivity contribution in [1.82, 2.24) is 15.2 Å². The van der Waals surface area contributed by atoms with E-state index in [-0.39, 0.29) is 41.1 Å². The zero-order valence-electron chi connectivity index (χ0n) is 15.8. The zero-order chi connectivity index (χ0) is 22.0. The van der Waals surface area contributed by atoms with Gasteiger partial charge in [-0.25, -0.2) is 4.79 Å². The number of rotatable bonds is 7. The Morgan fingerprint density at radius 2 is 2.23 bits per heavy atom. The lowest BCUT2D eigenvalue weighted by atomic mass is 10.0. The smallest absolute Gasteiger partial charge is 0.352 e. The second-order valence-corrected chi connectivity index (χ2v) is 7.20. The number of nitrogen functional groups attached to an aromatic ring is 1. The van der Waals surface area contributed by atoms with Gasteiger partial charge in [-0.05, 0) is 0 Å². The first-order valence-electron chi connectivity index (χ1n) is 8.41. The van der Waals surface area contributed by atoms with E-state index < -0.39 is 35.2 Å². The van der Waals surface area contributed by atoms with Gasteiger partial charge >= 0.3 is 11.9 Å². The number of oxime groups is 1. The van der Waals surface area contributed by atoms with Gasteiger partial charge in [0.25, 0.3) is 17.8 Å². The summed E-state index contributed by atoms with van der Waals surface area (Å²) < 4.78 is 9.72. The molecule has 0 aromatic carbocycles. The van der Waals surface area contributed by atoms with Crippen LogP contribution in [0.4, 0.5) is 6.01 Å². The van der Waals surface area contributed by atoms with Crippen molar-refractivity contribution < 1.29 is 38.3 Å². The van der Waals surface area contributed by atoms with Gasteiger partial charge in [-0.3, -0.25) is 19.3 Å². The molecule has 0 saturated carbocycles. The Morgan fingerprint density at radius 1 is 1.50 bits per heavy atom. The predicted octanol–water partition coefficient (Wildman–Crippen LogP) is -1.09. The number of nitrogens with two attached hydrogens (primary N) is 1. The topological polar surface area (TPSA) is 187 Å². The van der Waals surface area contributed by atoms with Crippen LogP contribution in [0.2, 0.25) is 0 Å². The van der Waals surface area contributed by atoms with Crippen molar-refractivity contribution in [3.8, 4) is 0 Å². The lowest BCUT2D eigenvalue weighted by molar-refractivity contribution is -0.150. The number of aliphatic carboxylic acids is 1. The largest absolute Gasteiger partial charge is 0.477 e. The number of hydrogen-bond acceptors (Lipinski definition) is 11. The number of aromatic nitrogens is 1. The van der Waals surface area contributed by atoms with E-state index in [0.29, 0.717) is 0 Å². The molecule has 0 aliphatic carbocycles. The Bertz CT molecular complexity index is 971. The van der Waals surface area contributed by atoms with Crippen LogP contribution >= 0.6 is 11.8 Å². The maximum atomic E-state index is 12.6. The van der Waals surface area contributed by atoms with Crippen LogP contribution in [0.25, 0.3) is 0 Å². The van der Waals surface area contributed by atoms with Crippen LogP contribution in [0.3, 0.4) is 0 Å². The molecule has 2 amide bonds. The number of carbonyl (C=O) groups is 4. The molecule has 0 spiro atoms. The Morgan fingerprint density at radius 3 is 2.80 bits per heavy atom. The molecule has 1 saturated heterocycles. The van der Waals surface area contributed by atoms with Gasteiger partial charge in [0.05, 0.1) is 0 Å². The van der Waals surface area contributed by atoms with Gasteiger partial charge in [-0.1, -0.05) is 5.16 Å². The van der Waals surface area contributed by atoms with Crippen molar-refractivity contribution in [2.45, 2.75) is 18.3 Å². The number of thioether (sulfide) groups is 1. The number of anilines is 1.